The number of amides is 1. The van der Waals surface area contributed by atoms with E-state index in [1.165, 1.54) is 25.3 Å². The Bertz CT molecular complexity index is 1370. The van der Waals surface area contributed by atoms with Gasteiger partial charge in [-0.3, -0.25) is 14.9 Å². The number of methoxy groups -OCH3 is 1. The Morgan fingerprint density at radius 2 is 1.88 bits per heavy atom. The van der Waals surface area contributed by atoms with Crippen LogP contribution in [0.1, 0.15) is 15.9 Å². The van der Waals surface area contributed by atoms with Gasteiger partial charge in [-0.05, 0) is 37.3 Å². The molecule has 0 spiro atoms. The summed E-state index contributed by atoms with van der Waals surface area (Å²) in [6.45, 7) is 1.92. The van der Waals surface area contributed by atoms with Crippen LogP contribution in [0.25, 0.3) is 22.2 Å². The number of fused-ring (bicyclic) bond motifs is 1. The molecule has 160 valence electrons. The first kappa shape index (κ1) is 21.3. The zero-order chi connectivity index (χ0) is 22.8. The second kappa shape index (κ2) is 8.64. The summed E-state index contributed by atoms with van der Waals surface area (Å²) in [5, 5.41) is 15.1. The number of carbonyl (C=O) groups is 1. The number of nitrogens with zero attached hydrogens (tertiary/aromatic N) is 2. The first-order valence-corrected chi connectivity index (χ1v) is 10.1. The van der Waals surface area contributed by atoms with Gasteiger partial charge in [0.05, 0.1) is 34.5 Å². The molecule has 4 rings (SSSR count). The first-order chi connectivity index (χ1) is 15.4. The predicted molar refractivity (Wildman–Crippen MR) is 125 cm³/mol. The highest BCUT2D eigenvalue weighted by atomic mass is 35.5. The van der Waals surface area contributed by atoms with Gasteiger partial charge in [0, 0.05) is 28.1 Å². The summed E-state index contributed by atoms with van der Waals surface area (Å²) in [5.41, 5.74) is 3.23. The third kappa shape index (κ3) is 4.10. The van der Waals surface area contributed by atoms with Gasteiger partial charge in [0.25, 0.3) is 11.6 Å². The lowest BCUT2D eigenvalue weighted by molar-refractivity contribution is -0.384. The Balaban J connectivity index is 1.85. The molecule has 8 heteroatoms. The minimum Gasteiger partial charge on any atom is -0.495 e. The van der Waals surface area contributed by atoms with Crippen LogP contribution in [0, 0.1) is 17.0 Å². The van der Waals surface area contributed by atoms with E-state index in [1.807, 2.05) is 43.3 Å². The van der Waals surface area contributed by atoms with E-state index >= 15 is 0 Å². The molecule has 4 aromatic rings. The lowest BCUT2D eigenvalue weighted by Gasteiger charge is -2.13. The number of nitro groups is 1. The zero-order valence-electron chi connectivity index (χ0n) is 17.3. The molecule has 0 fully saturated rings. The molecule has 1 heterocycles. The van der Waals surface area contributed by atoms with Crippen LogP contribution in [-0.2, 0) is 0 Å². The van der Waals surface area contributed by atoms with Crippen molar-refractivity contribution in [2.45, 2.75) is 6.92 Å². The molecule has 1 N–H and O–H groups in total. The number of nitro benzene ring substituents is 1. The maximum Gasteiger partial charge on any atom is 0.271 e. The van der Waals surface area contributed by atoms with Crippen LogP contribution in [0.4, 0.5) is 11.4 Å². The topological polar surface area (TPSA) is 94.4 Å². The maximum atomic E-state index is 13.4. The quantitative estimate of drug-likeness (QED) is 0.297. The molecule has 1 amide bonds. The van der Waals surface area contributed by atoms with Gasteiger partial charge in [-0.2, -0.15) is 0 Å². The van der Waals surface area contributed by atoms with E-state index in [2.05, 4.69) is 5.32 Å². The minimum atomic E-state index is -0.532. The lowest BCUT2D eigenvalue weighted by atomic mass is 10.0. The van der Waals surface area contributed by atoms with Crippen LogP contribution in [0.15, 0.2) is 66.7 Å². The number of aryl methyl sites for hydroxylation is 1. The van der Waals surface area contributed by atoms with Crippen molar-refractivity contribution in [1.82, 2.24) is 4.98 Å². The zero-order valence-corrected chi connectivity index (χ0v) is 18.0. The Hall–Kier alpha value is -3.97. The summed E-state index contributed by atoms with van der Waals surface area (Å²) < 4.78 is 5.27. The van der Waals surface area contributed by atoms with E-state index in [9.17, 15) is 14.9 Å². The molecule has 0 aliphatic carbocycles. The highest BCUT2D eigenvalue weighted by Gasteiger charge is 2.19. The number of rotatable bonds is 5. The fourth-order valence-corrected chi connectivity index (χ4v) is 3.66. The summed E-state index contributed by atoms with van der Waals surface area (Å²) in [4.78, 5) is 28.7. The summed E-state index contributed by atoms with van der Waals surface area (Å²) in [5.74, 6) is -0.139. The van der Waals surface area contributed by atoms with Gasteiger partial charge in [-0.15, -0.1) is 0 Å². The molecule has 0 saturated heterocycles. The summed E-state index contributed by atoms with van der Waals surface area (Å²) in [6.07, 6.45) is 0. The van der Waals surface area contributed by atoms with Crippen LogP contribution >= 0.6 is 11.6 Å². The van der Waals surface area contributed by atoms with Gasteiger partial charge in [-0.25, -0.2) is 4.98 Å². The van der Waals surface area contributed by atoms with Gasteiger partial charge in [0.2, 0.25) is 0 Å². The Morgan fingerprint density at radius 1 is 1.09 bits per heavy atom. The molecule has 0 atom stereocenters. The van der Waals surface area contributed by atoms with Gasteiger partial charge in [0.15, 0.2) is 0 Å². The second-order valence-electron chi connectivity index (χ2n) is 7.15. The van der Waals surface area contributed by atoms with Gasteiger partial charge < -0.3 is 10.1 Å². The molecule has 0 bridgehead atoms. The molecule has 3 aromatic carbocycles. The molecule has 7 nitrogen and oxygen atoms in total. The van der Waals surface area contributed by atoms with Crippen molar-refractivity contribution in [1.29, 1.82) is 0 Å². The summed E-state index contributed by atoms with van der Waals surface area (Å²) in [6, 6.07) is 18.6. The van der Waals surface area contributed by atoms with Crippen molar-refractivity contribution in [3.8, 4) is 17.0 Å². The van der Waals surface area contributed by atoms with Crippen molar-refractivity contribution in [2.24, 2.45) is 0 Å². The molecular formula is C24H18ClN3O4. The molecule has 0 saturated carbocycles. The number of halogens is 1. The van der Waals surface area contributed by atoms with E-state index < -0.39 is 10.8 Å². The van der Waals surface area contributed by atoms with Crippen LogP contribution in [0.2, 0.25) is 5.02 Å². The average Bonchev–Trinajstić information content (AvgIpc) is 2.78. The summed E-state index contributed by atoms with van der Waals surface area (Å²) >= 11 is 6.36. The van der Waals surface area contributed by atoms with E-state index in [-0.39, 0.29) is 11.4 Å². The largest absolute Gasteiger partial charge is 0.495 e. The van der Waals surface area contributed by atoms with Crippen molar-refractivity contribution in [3.63, 3.8) is 0 Å². The van der Waals surface area contributed by atoms with E-state index in [4.69, 9.17) is 21.3 Å². The summed E-state index contributed by atoms with van der Waals surface area (Å²) in [7, 11) is 1.43. The number of anilines is 1. The van der Waals surface area contributed by atoms with Crippen LogP contribution in [-0.4, -0.2) is 22.9 Å². The Morgan fingerprint density at radius 3 is 2.59 bits per heavy atom. The molecule has 0 unspecified atom stereocenters. The molecule has 0 aliphatic heterocycles. The monoisotopic (exact) mass is 447 g/mol. The number of benzene rings is 3. The number of pyridine rings is 1. The van der Waals surface area contributed by atoms with E-state index in [1.54, 1.807) is 12.1 Å². The fourth-order valence-electron chi connectivity index (χ4n) is 3.43. The molecule has 1 aromatic heterocycles. The maximum absolute atomic E-state index is 13.4. The van der Waals surface area contributed by atoms with Crippen molar-refractivity contribution >= 4 is 39.8 Å². The SMILES string of the molecule is COc1ccc([N+](=O)[O-])cc1NC(=O)c1cc(-c2ccccc2Cl)nc2ccc(C)cc12. The smallest absolute Gasteiger partial charge is 0.271 e. The third-order valence-corrected chi connectivity index (χ3v) is 5.33. The highest BCUT2D eigenvalue weighted by molar-refractivity contribution is 6.33. The number of aromatic nitrogens is 1. The Kier molecular flexibility index (Phi) is 5.75. The number of hydrogen-bond acceptors (Lipinski definition) is 5. The number of carbonyl (C=O) groups excluding carboxylic acids is 1. The third-order valence-electron chi connectivity index (χ3n) is 5.00. The van der Waals surface area contributed by atoms with Crippen LogP contribution < -0.4 is 10.1 Å². The molecule has 32 heavy (non-hydrogen) atoms. The minimum absolute atomic E-state index is 0.159. The van der Waals surface area contributed by atoms with Crippen molar-refractivity contribution in [3.05, 3.63) is 93.0 Å². The average molecular weight is 448 g/mol. The van der Waals surface area contributed by atoms with E-state index in [0.717, 1.165) is 5.56 Å². The molecule has 0 aliphatic rings. The number of ether oxygens (including phenoxy) is 1. The first-order valence-electron chi connectivity index (χ1n) is 9.67. The fraction of sp³-hybridized carbons (Fsp3) is 0.0833. The van der Waals surface area contributed by atoms with Gasteiger partial charge in [-0.1, -0.05) is 41.4 Å². The second-order valence-corrected chi connectivity index (χ2v) is 7.56. The molecular weight excluding hydrogens is 430 g/mol. The standard InChI is InChI=1S/C24H18ClN3O4/c1-14-7-9-20-17(11-14)18(13-21(26-20)16-5-3-4-6-19(16)25)24(29)27-22-12-15(28(30)31)8-10-23(22)32-2/h3-13H,1-2H3,(H,27,29). The number of hydrogen-bond donors (Lipinski definition) is 1. The van der Waals surface area contributed by atoms with Crippen molar-refractivity contribution in [2.75, 3.05) is 12.4 Å². The normalized spacial score (nSPS) is 10.7. The van der Waals surface area contributed by atoms with Gasteiger partial charge >= 0.3 is 0 Å². The predicted octanol–water partition coefficient (Wildman–Crippen LogP) is 6.03. The lowest BCUT2D eigenvalue weighted by Crippen LogP contribution is -2.14. The van der Waals surface area contributed by atoms with Crippen LogP contribution in [0.5, 0.6) is 5.75 Å². The number of non-ortho nitro benzene ring substituents is 1. The van der Waals surface area contributed by atoms with E-state index in [0.29, 0.717) is 38.5 Å². The Labute approximate surface area is 188 Å². The van der Waals surface area contributed by atoms with Gasteiger partial charge in [0.1, 0.15) is 5.75 Å². The van der Waals surface area contributed by atoms with Crippen molar-refractivity contribution < 1.29 is 14.5 Å². The van der Waals surface area contributed by atoms with Crippen LogP contribution in [0.3, 0.4) is 0 Å². The molecule has 0 radical (unpaired) electrons. The highest BCUT2D eigenvalue weighted by Crippen LogP contribution is 2.32. The number of nitrogens with one attached hydrogen (secondary N) is 1.